The zero-order valence-corrected chi connectivity index (χ0v) is 23.4. The highest BCUT2D eigenvalue weighted by Gasteiger charge is 2.32. The molecule has 8 heteroatoms. The molecule has 0 spiro atoms. The lowest BCUT2D eigenvalue weighted by molar-refractivity contribution is 0.0719. The summed E-state index contributed by atoms with van der Waals surface area (Å²) in [6.45, 7) is 11.1. The molecule has 0 unspecified atom stereocenters. The third kappa shape index (κ3) is 6.23. The predicted molar refractivity (Wildman–Crippen MR) is 155 cm³/mol. The molecule has 2 heterocycles. The number of aromatic nitrogens is 1. The first-order valence-corrected chi connectivity index (χ1v) is 13.7. The van der Waals surface area contributed by atoms with Crippen LogP contribution in [0.15, 0.2) is 54.7 Å². The number of benzene rings is 2. The van der Waals surface area contributed by atoms with Crippen LogP contribution < -0.4 is 20.7 Å². The first kappa shape index (κ1) is 28.1. The number of pyridine rings is 1. The van der Waals surface area contributed by atoms with Gasteiger partial charge in [0.05, 0.1) is 12.2 Å². The molecule has 1 fully saturated rings. The fourth-order valence-electron chi connectivity index (χ4n) is 5.21. The third-order valence-corrected chi connectivity index (χ3v) is 7.20. The number of nitrogens with one attached hydrogen (secondary N) is 1. The normalized spacial score (nSPS) is 15.3. The summed E-state index contributed by atoms with van der Waals surface area (Å²) in [6, 6.07) is 15.7. The van der Waals surface area contributed by atoms with Crippen LogP contribution in [0.5, 0.6) is 5.88 Å². The number of carbonyl (C=O) groups excluding carboxylic acids is 2. The average Bonchev–Trinajstić information content (AvgIpc) is 2.95. The Balaban J connectivity index is 1.66. The van der Waals surface area contributed by atoms with Crippen LogP contribution in [0.3, 0.4) is 0 Å². The second-order valence-electron chi connectivity index (χ2n) is 9.89. The molecule has 39 heavy (non-hydrogen) atoms. The largest absolute Gasteiger partial charge is 0.478 e. The Hall–Kier alpha value is -3.91. The van der Waals surface area contributed by atoms with Gasteiger partial charge in [-0.05, 0) is 68.7 Å². The monoisotopic (exact) mass is 529 g/mol. The molecule has 1 aliphatic heterocycles. The summed E-state index contributed by atoms with van der Waals surface area (Å²) in [7, 11) is 0. The van der Waals surface area contributed by atoms with Gasteiger partial charge in [0.25, 0.3) is 11.8 Å². The van der Waals surface area contributed by atoms with E-state index in [9.17, 15) is 9.59 Å². The fourth-order valence-corrected chi connectivity index (χ4v) is 5.21. The first-order valence-electron chi connectivity index (χ1n) is 13.7. The summed E-state index contributed by atoms with van der Waals surface area (Å²) >= 11 is 0. The molecule has 0 saturated carbocycles. The van der Waals surface area contributed by atoms with Crippen LogP contribution in [0.2, 0.25) is 0 Å². The number of aryl methyl sites for hydroxylation is 2. The molecule has 8 nitrogen and oxygen atoms in total. The van der Waals surface area contributed by atoms with Crippen LogP contribution >= 0.6 is 0 Å². The molecule has 0 radical (unpaired) electrons. The van der Waals surface area contributed by atoms with E-state index >= 15 is 0 Å². The van der Waals surface area contributed by atoms with Crippen LogP contribution in [0, 0.1) is 13.8 Å². The SMILES string of the molecule is CCOc1ncccc1-c1ccc(N2CCN(C(=O)c3ccc(C)cc3C)C[C@H]2CC)c(C(=O)NCCN)c1. The van der Waals surface area contributed by atoms with Crippen molar-refractivity contribution in [3.63, 3.8) is 0 Å². The highest BCUT2D eigenvalue weighted by atomic mass is 16.5. The van der Waals surface area contributed by atoms with Gasteiger partial charge in [-0.25, -0.2) is 4.98 Å². The number of hydrogen-bond acceptors (Lipinski definition) is 6. The zero-order chi connectivity index (χ0) is 27.9. The zero-order valence-electron chi connectivity index (χ0n) is 23.4. The maximum atomic E-state index is 13.4. The summed E-state index contributed by atoms with van der Waals surface area (Å²) < 4.78 is 5.75. The van der Waals surface area contributed by atoms with E-state index in [1.807, 2.05) is 74.2 Å². The van der Waals surface area contributed by atoms with Crippen LogP contribution in [0.4, 0.5) is 5.69 Å². The number of anilines is 1. The van der Waals surface area contributed by atoms with Crippen LogP contribution in [0.25, 0.3) is 11.1 Å². The molecule has 0 aliphatic carbocycles. The smallest absolute Gasteiger partial charge is 0.254 e. The Kier molecular flexibility index (Phi) is 9.19. The van der Waals surface area contributed by atoms with Gasteiger partial charge in [0.2, 0.25) is 5.88 Å². The molecule has 1 atom stereocenters. The molecular formula is C31H39N5O3. The molecule has 1 saturated heterocycles. The van der Waals surface area contributed by atoms with Gasteiger partial charge in [0.1, 0.15) is 0 Å². The fraction of sp³-hybridized carbons (Fsp3) is 0.387. The maximum absolute atomic E-state index is 13.4. The summed E-state index contributed by atoms with van der Waals surface area (Å²) in [5, 5.41) is 2.94. The molecule has 3 N–H and O–H groups in total. The molecule has 0 bridgehead atoms. The van der Waals surface area contributed by atoms with Gasteiger partial charge >= 0.3 is 0 Å². The lowest BCUT2D eigenvalue weighted by Crippen LogP contribution is -2.55. The predicted octanol–water partition coefficient (Wildman–Crippen LogP) is 4.19. The van der Waals surface area contributed by atoms with Crippen molar-refractivity contribution in [2.45, 2.75) is 40.2 Å². The van der Waals surface area contributed by atoms with Crippen molar-refractivity contribution in [2.24, 2.45) is 5.73 Å². The molecular weight excluding hydrogens is 490 g/mol. The highest BCUT2D eigenvalue weighted by molar-refractivity contribution is 6.01. The summed E-state index contributed by atoms with van der Waals surface area (Å²) in [4.78, 5) is 35.4. The second-order valence-corrected chi connectivity index (χ2v) is 9.89. The molecule has 2 aromatic carbocycles. The van der Waals surface area contributed by atoms with Gasteiger partial charge in [-0.15, -0.1) is 0 Å². The third-order valence-electron chi connectivity index (χ3n) is 7.20. The quantitative estimate of drug-likeness (QED) is 0.431. The lowest BCUT2D eigenvalue weighted by atomic mass is 9.98. The molecule has 206 valence electrons. The molecule has 3 aromatic rings. The Morgan fingerprint density at radius 2 is 1.90 bits per heavy atom. The minimum absolute atomic E-state index is 0.0573. The topological polar surface area (TPSA) is 101 Å². The minimum atomic E-state index is -0.178. The van der Waals surface area contributed by atoms with Gasteiger partial charge in [0, 0.05) is 61.8 Å². The molecule has 1 aromatic heterocycles. The highest BCUT2D eigenvalue weighted by Crippen LogP contribution is 2.34. The Morgan fingerprint density at radius 3 is 2.62 bits per heavy atom. The number of carbonyl (C=O) groups is 2. The van der Waals surface area contributed by atoms with E-state index in [0.29, 0.717) is 50.8 Å². The molecule has 4 rings (SSSR count). The van der Waals surface area contributed by atoms with Gasteiger partial charge < -0.3 is 25.6 Å². The summed E-state index contributed by atoms with van der Waals surface area (Å²) in [5.41, 5.74) is 11.7. The van der Waals surface area contributed by atoms with Crippen molar-refractivity contribution < 1.29 is 14.3 Å². The Bertz CT molecular complexity index is 1330. The average molecular weight is 530 g/mol. The van der Waals surface area contributed by atoms with Crippen LogP contribution in [-0.4, -0.2) is 67.1 Å². The standard InChI is InChI=1S/C31H39N5O3/c1-5-24-20-35(31(38)25-11-9-21(3)18-22(25)4)16-17-36(24)28-12-10-23(19-27(28)29(37)33-15-13-32)26-8-7-14-34-30(26)39-6-2/h7-12,14,18-19,24H,5-6,13,15-17,20,32H2,1-4H3,(H,33,37)/t24-/m1/s1. The van der Waals surface area contributed by atoms with Crippen LogP contribution in [-0.2, 0) is 0 Å². The molecule has 2 amide bonds. The lowest BCUT2D eigenvalue weighted by Gasteiger charge is -2.43. The van der Waals surface area contributed by atoms with Crippen molar-refractivity contribution in [3.05, 3.63) is 77.0 Å². The summed E-state index contributed by atoms with van der Waals surface area (Å²) in [5.74, 6) is 0.413. The van der Waals surface area contributed by atoms with E-state index in [4.69, 9.17) is 10.5 Å². The van der Waals surface area contributed by atoms with Crippen molar-refractivity contribution in [2.75, 3.05) is 44.2 Å². The van der Waals surface area contributed by atoms with E-state index < -0.39 is 0 Å². The number of hydrogen-bond donors (Lipinski definition) is 2. The van der Waals surface area contributed by atoms with E-state index in [2.05, 4.69) is 22.1 Å². The molecule has 1 aliphatic rings. The van der Waals surface area contributed by atoms with Crippen LogP contribution in [0.1, 0.15) is 52.1 Å². The van der Waals surface area contributed by atoms with E-state index in [-0.39, 0.29) is 17.9 Å². The van der Waals surface area contributed by atoms with E-state index in [0.717, 1.165) is 39.9 Å². The Morgan fingerprint density at radius 1 is 1.08 bits per heavy atom. The van der Waals surface area contributed by atoms with Gasteiger partial charge in [0.15, 0.2) is 0 Å². The second kappa shape index (κ2) is 12.8. The first-order chi connectivity index (χ1) is 18.9. The van der Waals surface area contributed by atoms with Gasteiger partial charge in [-0.3, -0.25) is 9.59 Å². The van der Waals surface area contributed by atoms with Crippen molar-refractivity contribution in [1.82, 2.24) is 15.2 Å². The van der Waals surface area contributed by atoms with Gasteiger partial charge in [-0.1, -0.05) is 30.7 Å². The number of nitrogens with zero attached hydrogens (tertiary/aromatic N) is 3. The number of amides is 2. The van der Waals surface area contributed by atoms with Crippen molar-refractivity contribution in [3.8, 4) is 17.0 Å². The van der Waals surface area contributed by atoms with E-state index in [1.54, 1.807) is 6.20 Å². The minimum Gasteiger partial charge on any atom is -0.478 e. The summed E-state index contributed by atoms with van der Waals surface area (Å²) in [6.07, 6.45) is 2.53. The number of rotatable bonds is 9. The van der Waals surface area contributed by atoms with Gasteiger partial charge in [-0.2, -0.15) is 0 Å². The number of ether oxygens (including phenoxy) is 1. The van der Waals surface area contributed by atoms with Crippen molar-refractivity contribution >= 4 is 17.5 Å². The van der Waals surface area contributed by atoms with E-state index in [1.165, 1.54) is 0 Å². The van der Waals surface area contributed by atoms with Crippen molar-refractivity contribution in [1.29, 1.82) is 0 Å². The number of piperazine rings is 1. The Labute approximate surface area is 231 Å². The maximum Gasteiger partial charge on any atom is 0.254 e. The number of nitrogens with two attached hydrogens (primary N) is 1.